The largest absolute Gasteiger partial charge is 0.0935 e. The Bertz CT molecular complexity index is 143. The average molecular weight is 230 g/mol. The number of unbranched alkanes of at least 4 members (excludes halogenated alkanes) is 5. The van der Waals surface area contributed by atoms with Gasteiger partial charge < -0.3 is 0 Å². The molecule has 0 saturated heterocycles. The molecular weight excluding hydrogens is 208 g/mol. The third kappa shape index (κ3) is 8.76. The first-order valence-electron chi connectivity index (χ1n) is 5.74. The summed E-state index contributed by atoms with van der Waals surface area (Å²) in [5.74, 6) is 0.550. The molecule has 0 spiro atoms. The molecule has 0 radical (unpaired) electrons. The highest BCUT2D eigenvalue weighted by molar-refractivity contribution is 7.79. The van der Waals surface area contributed by atoms with Gasteiger partial charge in [0, 0.05) is 0 Å². The molecule has 1 atom stereocenters. The van der Waals surface area contributed by atoms with Crippen molar-refractivity contribution in [3.8, 4) is 0 Å². The fourth-order valence-corrected chi connectivity index (χ4v) is 2.05. The van der Waals surface area contributed by atoms with E-state index in [9.17, 15) is 0 Å². The molecule has 14 heavy (non-hydrogen) atoms. The molecule has 0 aliphatic carbocycles. The highest BCUT2D eigenvalue weighted by Crippen LogP contribution is 2.13. The lowest BCUT2D eigenvalue weighted by Gasteiger charge is -2.07. The summed E-state index contributed by atoms with van der Waals surface area (Å²) in [6, 6.07) is 0. The van der Waals surface area contributed by atoms with Crippen LogP contribution in [0, 0.1) is 5.92 Å². The minimum absolute atomic E-state index is 0.550. The second-order valence-electron chi connectivity index (χ2n) is 3.85. The molecule has 0 nitrogen and oxygen atoms in total. The molecule has 0 aromatic heterocycles. The van der Waals surface area contributed by atoms with Crippen molar-refractivity contribution in [1.82, 2.24) is 0 Å². The number of thiocarbonyl (C=S) groups is 2. The zero-order chi connectivity index (χ0) is 10.6. The van der Waals surface area contributed by atoms with Crippen LogP contribution in [0.2, 0.25) is 0 Å². The Morgan fingerprint density at radius 2 is 1.64 bits per heavy atom. The Labute approximate surface area is 99.5 Å². The number of hydrogen-bond acceptors (Lipinski definition) is 2. The van der Waals surface area contributed by atoms with Gasteiger partial charge in [-0.05, 0) is 29.5 Å². The number of hydrogen-bond donors (Lipinski definition) is 0. The number of rotatable bonds is 10. The molecule has 0 bridgehead atoms. The summed E-state index contributed by atoms with van der Waals surface area (Å²) >= 11 is 9.81. The lowest BCUT2D eigenvalue weighted by Crippen LogP contribution is -2.00. The summed E-state index contributed by atoms with van der Waals surface area (Å²) in [6.07, 6.45) is 10.4. The van der Waals surface area contributed by atoms with Crippen LogP contribution in [-0.2, 0) is 0 Å². The lowest BCUT2D eigenvalue weighted by atomic mass is 10.00. The van der Waals surface area contributed by atoms with E-state index in [-0.39, 0.29) is 0 Å². The van der Waals surface area contributed by atoms with Gasteiger partial charge in [0.15, 0.2) is 0 Å². The monoisotopic (exact) mass is 230 g/mol. The molecule has 0 heterocycles. The van der Waals surface area contributed by atoms with Gasteiger partial charge in [-0.1, -0.05) is 69.9 Å². The van der Waals surface area contributed by atoms with E-state index in [1.54, 1.807) is 0 Å². The molecule has 0 fully saturated rings. The van der Waals surface area contributed by atoms with Gasteiger partial charge in [0.1, 0.15) is 0 Å². The Morgan fingerprint density at radius 1 is 1.00 bits per heavy atom. The first-order chi connectivity index (χ1) is 6.85. The van der Waals surface area contributed by atoms with Crippen LogP contribution in [0.1, 0.15) is 58.3 Å². The van der Waals surface area contributed by atoms with Crippen LogP contribution in [0.25, 0.3) is 0 Å². The molecule has 2 heteroatoms. The summed E-state index contributed by atoms with van der Waals surface area (Å²) in [5, 5.41) is 3.69. The predicted molar refractivity (Wildman–Crippen MR) is 73.4 cm³/mol. The topological polar surface area (TPSA) is 0 Å². The van der Waals surface area contributed by atoms with Crippen molar-refractivity contribution >= 4 is 35.2 Å². The van der Waals surface area contributed by atoms with Crippen molar-refractivity contribution in [3.63, 3.8) is 0 Å². The second-order valence-corrected chi connectivity index (χ2v) is 4.46. The van der Waals surface area contributed by atoms with E-state index in [1.165, 1.54) is 44.9 Å². The van der Waals surface area contributed by atoms with E-state index in [2.05, 4.69) is 6.92 Å². The Kier molecular flexibility index (Phi) is 11.4. The third-order valence-corrected chi connectivity index (χ3v) is 3.10. The van der Waals surface area contributed by atoms with Gasteiger partial charge in [0.25, 0.3) is 0 Å². The van der Waals surface area contributed by atoms with Crippen LogP contribution >= 0.6 is 24.4 Å². The van der Waals surface area contributed by atoms with Gasteiger partial charge in [-0.15, -0.1) is 0 Å². The van der Waals surface area contributed by atoms with Gasteiger partial charge in [0.05, 0.1) is 0 Å². The quantitative estimate of drug-likeness (QED) is 0.392. The van der Waals surface area contributed by atoms with Crippen molar-refractivity contribution in [3.05, 3.63) is 0 Å². The maximum atomic E-state index is 4.97. The Balaban J connectivity index is 3.23. The molecule has 0 aliphatic heterocycles. The van der Waals surface area contributed by atoms with E-state index < -0.39 is 0 Å². The Hall–Kier alpha value is 0.180. The normalized spacial score (nSPS) is 12.4. The zero-order valence-corrected chi connectivity index (χ0v) is 10.8. The molecule has 0 amide bonds. The highest BCUT2D eigenvalue weighted by Gasteiger charge is 2.02. The van der Waals surface area contributed by atoms with Crippen molar-refractivity contribution in [2.24, 2.45) is 5.92 Å². The van der Waals surface area contributed by atoms with Crippen LogP contribution in [-0.4, -0.2) is 10.7 Å². The molecule has 0 rings (SSSR count). The van der Waals surface area contributed by atoms with Crippen molar-refractivity contribution in [1.29, 1.82) is 0 Å². The maximum Gasteiger partial charge on any atom is -0.00858 e. The van der Waals surface area contributed by atoms with Crippen LogP contribution in [0.4, 0.5) is 0 Å². The van der Waals surface area contributed by atoms with Crippen LogP contribution < -0.4 is 0 Å². The molecule has 0 saturated carbocycles. The van der Waals surface area contributed by atoms with E-state index >= 15 is 0 Å². The van der Waals surface area contributed by atoms with Crippen LogP contribution in [0.3, 0.4) is 0 Å². The molecular formula is C12H22S2. The molecule has 82 valence electrons. The minimum Gasteiger partial charge on any atom is -0.0935 e. The summed E-state index contributed by atoms with van der Waals surface area (Å²) in [6.45, 7) is 2.25. The molecule has 0 aromatic carbocycles. The Morgan fingerprint density at radius 3 is 2.21 bits per heavy atom. The standard InChI is InChI=1S/C12H22S2/c1-2-3-4-5-6-7-8-12(11-14)9-10-13/h10-12H,2-9H2,1H3. The molecule has 0 aliphatic rings. The van der Waals surface area contributed by atoms with Crippen LogP contribution in [0.15, 0.2) is 0 Å². The molecule has 0 aromatic rings. The fourth-order valence-electron chi connectivity index (χ4n) is 1.55. The van der Waals surface area contributed by atoms with Gasteiger partial charge in [-0.2, -0.15) is 0 Å². The molecule has 1 unspecified atom stereocenters. The summed E-state index contributed by atoms with van der Waals surface area (Å²) < 4.78 is 0. The van der Waals surface area contributed by atoms with Gasteiger partial charge >= 0.3 is 0 Å². The van der Waals surface area contributed by atoms with Gasteiger partial charge in [0.2, 0.25) is 0 Å². The van der Waals surface area contributed by atoms with Crippen LogP contribution in [0.5, 0.6) is 0 Å². The second kappa shape index (κ2) is 11.3. The van der Waals surface area contributed by atoms with Gasteiger partial charge in [-0.25, -0.2) is 0 Å². The van der Waals surface area contributed by atoms with E-state index in [0.29, 0.717) is 5.92 Å². The van der Waals surface area contributed by atoms with Crippen molar-refractivity contribution in [2.75, 3.05) is 0 Å². The fraction of sp³-hybridized carbons (Fsp3) is 0.833. The van der Waals surface area contributed by atoms with Crippen molar-refractivity contribution in [2.45, 2.75) is 58.3 Å². The first-order valence-corrected chi connectivity index (χ1v) is 6.68. The summed E-state index contributed by atoms with van der Waals surface area (Å²) in [4.78, 5) is 0. The zero-order valence-electron chi connectivity index (χ0n) is 9.21. The first kappa shape index (κ1) is 14.2. The van der Waals surface area contributed by atoms with Crippen molar-refractivity contribution < 1.29 is 0 Å². The van der Waals surface area contributed by atoms with E-state index in [1.807, 2.05) is 10.7 Å². The third-order valence-electron chi connectivity index (χ3n) is 2.52. The predicted octanol–water partition coefficient (Wildman–Crippen LogP) is 4.74. The molecule has 0 N–H and O–H groups in total. The smallest absolute Gasteiger partial charge is 0.00858 e. The summed E-state index contributed by atoms with van der Waals surface area (Å²) in [5.41, 5.74) is 0. The highest BCUT2D eigenvalue weighted by atomic mass is 32.1. The summed E-state index contributed by atoms with van der Waals surface area (Å²) in [7, 11) is 0. The maximum absolute atomic E-state index is 4.97. The van der Waals surface area contributed by atoms with Gasteiger partial charge in [-0.3, -0.25) is 0 Å². The van der Waals surface area contributed by atoms with E-state index in [4.69, 9.17) is 24.4 Å². The van der Waals surface area contributed by atoms with E-state index in [0.717, 1.165) is 6.42 Å². The minimum atomic E-state index is 0.550. The SMILES string of the molecule is CCCCCCCCC(C=S)CC=S. The average Bonchev–Trinajstić information content (AvgIpc) is 2.21. The lowest BCUT2D eigenvalue weighted by molar-refractivity contribution is 0.553.